The predicted octanol–water partition coefficient (Wildman–Crippen LogP) is 6.74. The van der Waals surface area contributed by atoms with Gasteiger partial charge in [-0.15, -0.1) is 24.8 Å². The number of unbranched alkanes of at least 4 members (excludes halogenated alkanes) is 2. The van der Waals surface area contributed by atoms with Gasteiger partial charge in [-0.2, -0.15) is 4.98 Å². The fourth-order valence-corrected chi connectivity index (χ4v) is 6.72. The van der Waals surface area contributed by atoms with Crippen LogP contribution in [0.4, 0.5) is 17.5 Å². The van der Waals surface area contributed by atoms with E-state index in [9.17, 15) is 8.42 Å². The zero-order chi connectivity index (χ0) is 29.3. The SMILES string of the molecule is CCCCC1C(S(N)(=O)=O)=CC=CC1(CCCC)Nc1nc(Nc2ccc(OCCN3CCCC3)cc2)ncc1C.Cl.Cl. The van der Waals surface area contributed by atoms with Crippen LogP contribution >= 0.6 is 24.8 Å². The molecule has 2 aromatic rings. The van der Waals surface area contributed by atoms with Crippen LogP contribution in [0.5, 0.6) is 5.75 Å². The highest BCUT2D eigenvalue weighted by Gasteiger charge is 2.43. The van der Waals surface area contributed by atoms with Crippen LogP contribution in [0.25, 0.3) is 0 Å². The molecule has 4 rings (SSSR count). The smallest absolute Gasteiger partial charge is 0.234 e. The first-order chi connectivity index (χ1) is 19.7. The van der Waals surface area contributed by atoms with Gasteiger partial charge in [0.15, 0.2) is 0 Å². The average Bonchev–Trinajstić information content (AvgIpc) is 3.47. The second-order valence-electron chi connectivity index (χ2n) is 11.2. The molecule has 12 heteroatoms. The number of hydrogen-bond donors (Lipinski definition) is 3. The number of hydrogen-bond acceptors (Lipinski definition) is 8. The Labute approximate surface area is 270 Å². The van der Waals surface area contributed by atoms with E-state index in [1.165, 1.54) is 25.9 Å². The summed E-state index contributed by atoms with van der Waals surface area (Å²) < 4.78 is 31.2. The minimum Gasteiger partial charge on any atom is -0.492 e. The summed E-state index contributed by atoms with van der Waals surface area (Å²) in [4.78, 5) is 12.1. The Kier molecular flexibility index (Phi) is 14.7. The van der Waals surface area contributed by atoms with Crippen molar-refractivity contribution in [2.75, 3.05) is 36.9 Å². The fourth-order valence-electron chi connectivity index (χ4n) is 5.73. The zero-order valence-corrected chi connectivity index (χ0v) is 28.0. The van der Waals surface area contributed by atoms with E-state index in [2.05, 4.69) is 40.4 Å². The highest BCUT2D eigenvalue weighted by molar-refractivity contribution is 7.93. The number of aromatic nitrogens is 2. The van der Waals surface area contributed by atoms with Gasteiger partial charge in [0.1, 0.15) is 18.2 Å². The van der Waals surface area contributed by atoms with Crippen molar-refractivity contribution in [1.29, 1.82) is 0 Å². The van der Waals surface area contributed by atoms with Crippen molar-refractivity contribution in [1.82, 2.24) is 14.9 Å². The molecule has 2 heterocycles. The Morgan fingerprint density at radius 3 is 2.44 bits per heavy atom. The summed E-state index contributed by atoms with van der Waals surface area (Å²) in [7, 11) is -3.85. The number of likely N-dealkylation sites (tertiary alicyclic amines) is 1. The van der Waals surface area contributed by atoms with Crippen LogP contribution < -0.4 is 20.5 Å². The Balaban J connectivity index is 0.00000323. The van der Waals surface area contributed by atoms with Gasteiger partial charge in [0, 0.05) is 29.9 Å². The van der Waals surface area contributed by atoms with E-state index in [4.69, 9.17) is 14.9 Å². The highest BCUT2D eigenvalue weighted by atomic mass is 35.5. The number of nitrogens with two attached hydrogens (primary N) is 1. The van der Waals surface area contributed by atoms with E-state index in [0.29, 0.717) is 24.8 Å². The maximum atomic E-state index is 12.6. The predicted molar refractivity (Wildman–Crippen MR) is 181 cm³/mol. The summed E-state index contributed by atoms with van der Waals surface area (Å²) in [6.45, 7) is 10.2. The second-order valence-corrected chi connectivity index (χ2v) is 12.8. The van der Waals surface area contributed by atoms with E-state index in [0.717, 1.165) is 55.6 Å². The standard InChI is InChI=1S/C31H46N6O3S.2ClH/c1-4-6-11-27-28(41(32,38)39)12-10-18-31(27,17-7-5-2)36-29-24(3)23-33-30(35-29)34-25-13-15-26(16-14-25)40-22-21-37-19-8-9-20-37;;/h10,12-16,18,23,27H,4-9,11,17,19-22H2,1-3H3,(H2,32,38,39)(H2,33,34,35,36);2*1H. The Morgan fingerprint density at radius 1 is 1.09 bits per heavy atom. The maximum Gasteiger partial charge on any atom is 0.234 e. The molecule has 2 unspecified atom stereocenters. The first kappa shape index (κ1) is 36.8. The zero-order valence-electron chi connectivity index (χ0n) is 25.5. The lowest BCUT2D eigenvalue weighted by atomic mass is 9.74. The monoisotopic (exact) mass is 654 g/mol. The van der Waals surface area contributed by atoms with Crippen LogP contribution in [0.15, 0.2) is 53.6 Å². The molecule has 1 aromatic heterocycles. The number of aryl methyl sites for hydroxylation is 1. The lowest BCUT2D eigenvalue weighted by Crippen LogP contribution is -2.48. The minimum atomic E-state index is -3.85. The van der Waals surface area contributed by atoms with Crippen molar-refractivity contribution >= 4 is 52.3 Å². The van der Waals surface area contributed by atoms with E-state index < -0.39 is 15.6 Å². The molecule has 240 valence electrons. The fraction of sp³-hybridized carbons (Fsp3) is 0.548. The summed E-state index contributed by atoms with van der Waals surface area (Å²) in [6, 6.07) is 7.81. The largest absolute Gasteiger partial charge is 0.492 e. The number of primary sulfonamides is 1. The number of sulfonamides is 1. The molecule has 1 aliphatic carbocycles. The normalized spacial score (nSPS) is 20.1. The number of allylic oxidation sites excluding steroid dienone is 2. The van der Waals surface area contributed by atoms with Crippen molar-refractivity contribution in [2.24, 2.45) is 11.1 Å². The summed E-state index contributed by atoms with van der Waals surface area (Å²) in [6.07, 6.45) is 15.1. The van der Waals surface area contributed by atoms with Gasteiger partial charge in [-0.25, -0.2) is 18.5 Å². The van der Waals surface area contributed by atoms with E-state index in [-0.39, 0.29) is 35.6 Å². The van der Waals surface area contributed by atoms with Crippen LogP contribution in [0, 0.1) is 12.8 Å². The third-order valence-corrected chi connectivity index (χ3v) is 9.12. The molecule has 0 radical (unpaired) electrons. The van der Waals surface area contributed by atoms with Gasteiger partial charge in [-0.3, -0.25) is 4.90 Å². The number of anilines is 3. The molecule has 0 saturated carbocycles. The number of ether oxygens (including phenoxy) is 1. The lowest BCUT2D eigenvalue weighted by molar-refractivity contribution is 0.238. The number of nitrogens with one attached hydrogen (secondary N) is 2. The molecule has 2 atom stereocenters. The van der Waals surface area contributed by atoms with Gasteiger partial charge in [-0.05, 0) is 76.0 Å². The number of rotatable bonds is 15. The van der Waals surface area contributed by atoms with Gasteiger partial charge in [0.05, 0.1) is 10.4 Å². The topological polar surface area (TPSA) is 122 Å². The molecule has 1 aliphatic heterocycles. The molecule has 1 aromatic carbocycles. The molecular formula is C31H48Cl2N6O3S. The lowest BCUT2D eigenvalue weighted by Gasteiger charge is -2.42. The van der Waals surface area contributed by atoms with E-state index in [1.807, 2.05) is 37.3 Å². The quantitative estimate of drug-likeness (QED) is 0.193. The number of benzene rings is 1. The summed E-state index contributed by atoms with van der Waals surface area (Å²) in [5.41, 5.74) is 1.10. The van der Waals surface area contributed by atoms with Crippen LogP contribution in [0.3, 0.4) is 0 Å². The second kappa shape index (κ2) is 17.2. The Bertz CT molecular complexity index is 1320. The molecule has 0 bridgehead atoms. The summed E-state index contributed by atoms with van der Waals surface area (Å²) in [5, 5.41) is 12.7. The molecule has 1 saturated heterocycles. The van der Waals surface area contributed by atoms with Crippen molar-refractivity contribution in [2.45, 2.75) is 77.7 Å². The van der Waals surface area contributed by atoms with Crippen LogP contribution in [0.1, 0.15) is 70.8 Å². The van der Waals surface area contributed by atoms with Gasteiger partial charge in [-0.1, -0.05) is 51.7 Å². The van der Waals surface area contributed by atoms with E-state index >= 15 is 0 Å². The Morgan fingerprint density at radius 2 is 1.79 bits per heavy atom. The molecule has 2 aliphatic rings. The average molecular weight is 656 g/mol. The third-order valence-electron chi connectivity index (χ3n) is 8.05. The third kappa shape index (κ3) is 10.1. The number of halogens is 2. The molecular weight excluding hydrogens is 607 g/mol. The minimum absolute atomic E-state index is 0. The molecule has 43 heavy (non-hydrogen) atoms. The first-order valence-electron chi connectivity index (χ1n) is 15.0. The van der Waals surface area contributed by atoms with Crippen molar-refractivity contribution in [3.8, 4) is 5.75 Å². The van der Waals surface area contributed by atoms with Gasteiger partial charge >= 0.3 is 0 Å². The Hall–Kier alpha value is -2.37. The van der Waals surface area contributed by atoms with Crippen LogP contribution in [0.2, 0.25) is 0 Å². The van der Waals surface area contributed by atoms with Crippen molar-refractivity contribution < 1.29 is 13.2 Å². The molecule has 0 amide bonds. The first-order valence-corrected chi connectivity index (χ1v) is 16.5. The molecule has 1 fully saturated rings. The van der Waals surface area contributed by atoms with Gasteiger partial charge in [0.25, 0.3) is 0 Å². The van der Waals surface area contributed by atoms with Crippen molar-refractivity contribution in [3.63, 3.8) is 0 Å². The summed E-state index contributed by atoms with van der Waals surface area (Å²) >= 11 is 0. The summed E-state index contributed by atoms with van der Waals surface area (Å²) in [5.74, 6) is 1.67. The highest BCUT2D eigenvalue weighted by Crippen LogP contribution is 2.42. The number of nitrogens with zero attached hydrogens (tertiary/aromatic N) is 3. The van der Waals surface area contributed by atoms with Gasteiger partial charge < -0.3 is 15.4 Å². The van der Waals surface area contributed by atoms with E-state index in [1.54, 1.807) is 12.3 Å². The van der Waals surface area contributed by atoms with Crippen LogP contribution in [-0.4, -0.2) is 55.1 Å². The molecule has 0 spiro atoms. The van der Waals surface area contributed by atoms with Crippen LogP contribution in [-0.2, 0) is 10.0 Å². The molecule has 4 N–H and O–H groups in total. The maximum absolute atomic E-state index is 12.6. The molecule has 9 nitrogen and oxygen atoms in total. The van der Waals surface area contributed by atoms with Gasteiger partial charge in [0.2, 0.25) is 16.0 Å². The van der Waals surface area contributed by atoms with Crippen molar-refractivity contribution in [3.05, 3.63) is 59.2 Å².